The van der Waals surface area contributed by atoms with Gasteiger partial charge in [-0.2, -0.15) is 0 Å². The summed E-state index contributed by atoms with van der Waals surface area (Å²) in [5.41, 5.74) is 7.16. The zero-order valence-corrected chi connectivity index (χ0v) is 19.8. The number of carbonyl (C=O) groups is 2. The number of benzene rings is 3. The van der Waals surface area contributed by atoms with Crippen LogP contribution in [0.1, 0.15) is 27.9 Å². The highest BCUT2D eigenvalue weighted by Crippen LogP contribution is 2.24. The van der Waals surface area contributed by atoms with E-state index in [0.29, 0.717) is 5.69 Å². The van der Waals surface area contributed by atoms with Crippen LogP contribution in [0, 0.1) is 13.8 Å². The van der Waals surface area contributed by atoms with Crippen LogP contribution in [0.4, 0.5) is 5.69 Å². The monoisotopic (exact) mass is 485 g/mol. The van der Waals surface area contributed by atoms with Crippen molar-refractivity contribution in [2.45, 2.75) is 25.2 Å². The first-order chi connectivity index (χ1) is 15.7. The summed E-state index contributed by atoms with van der Waals surface area (Å²) in [6.45, 7) is 3.65. The van der Waals surface area contributed by atoms with Crippen LogP contribution in [0.3, 0.4) is 0 Å². The maximum atomic E-state index is 13.3. The lowest BCUT2D eigenvalue weighted by Gasteiger charge is -2.24. The second-order valence-corrected chi connectivity index (χ2v) is 9.73. The fraction of sp³-hybridized carbons (Fsp3) is 0.167. The molecule has 3 aromatic carbocycles. The first-order valence-electron chi connectivity index (χ1n) is 10.2. The molecule has 0 bridgehead atoms. The van der Waals surface area contributed by atoms with Gasteiger partial charge in [-0.1, -0.05) is 59.1 Å². The molecule has 0 fully saturated rings. The Hall–Kier alpha value is -3.36. The van der Waals surface area contributed by atoms with Gasteiger partial charge in [0.1, 0.15) is 0 Å². The summed E-state index contributed by atoms with van der Waals surface area (Å²) >= 11 is 5.99. The first kappa shape index (κ1) is 24.3. The molecule has 3 rings (SSSR count). The number of hydrazine groups is 1. The average molecular weight is 486 g/mol. The van der Waals surface area contributed by atoms with Gasteiger partial charge < -0.3 is 0 Å². The molecule has 0 aliphatic heterocycles. The lowest BCUT2D eigenvalue weighted by molar-refractivity contribution is -0.121. The fourth-order valence-corrected chi connectivity index (χ4v) is 4.73. The summed E-state index contributed by atoms with van der Waals surface area (Å²) in [6.07, 6.45) is -0.179. The molecule has 9 heteroatoms. The number of hydrogen-bond acceptors (Lipinski definition) is 4. The van der Waals surface area contributed by atoms with E-state index in [4.69, 9.17) is 11.6 Å². The standard InChI is InChI=1S/C24H24ClN3O4S/c1-17-7-11-19(12-8-17)28(33(31,32)20-13-9-18(2)10-14-20)16-15-23(29)26-27-24(30)21-5-3-4-6-22(21)25/h3-14H,15-16H2,1-2H3,(H,26,29)(H,27,30). The number of sulfonamides is 1. The largest absolute Gasteiger partial charge is 0.273 e. The average Bonchev–Trinajstić information content (AvgIpc) is 2.79. The van der Waals surface area contributed by atoms with Crippen molar-refractivity contribution in [3.63, 3.8) is 0 Å². The molecule has 2 amide bonds. The third-order valence-electron chi connectivity index (χ3n) is 4.91. The molecule has 172 valence electrons. The molecule has 0 saturated heterocycles. The van der Waals surface area contributed by atoms with Crippen LogP contribution in [0.25, 0.3) is 0 Å². The minimum Gasteiger partial charge on any atom is -0.273 e. The van der Waals surface area contributed by atoms with Gasteiger partial charge in [-0.15, -0.1) is 0 Å². The van der Waals surface area contributed by atoms with Gasteiger partial charge in [-0.25, -0.2) is 8.42 Å². The number of nitrogens with one attached hydrogen (secondary N) is 2. The molecule has 0 aromatic heterocycles. The van der Waals surface area contributed by atoms with E-state index < -0.39 is 21.8 Å². The van der Waals surface area contributed by atoms with Crippen molar-refractivity contribution in [2.75, 3.05) is 10.8 Å². The summed E-state index contributed by atoms with van der Waals surface area (Å²) in [4.78, 5) is 24.7. The van der Waals surface area contributed by atoms with Crippen molar-refractivity contribution >= 4 is 39.1 Å². The molecule has 0 heterocycles. The van der Waals surface area contributed by atoms with Gasteiger partial charge in [-0.3, -0.25) is 24.7 Å². The molecule has 0 aliphatic carbocycles. The SMILES string of the molecule is Cc1ccc(N(CCC(=O)NNC(=O)c2ccccc2Cl)S(=O)(=O)c2ccc(C)cc2)cc1. The van der Waals surface area contributed by atoms with Crippen molar-refractivity contribution in [1.82, 2.24) is 10.9 Å². The molecule has 33 heavy (non-hydrogen) atoms. The topological polar surface area (TPSA) is 95.6 Å². The molecule has 0 atom stereocenters. The predicted octanol–water partition coefficient (Wildman–Crippen LogP) is 4.00. The van der Waals surface area contributed by atoms with Gasteiger partial charge in [0.05, 0.1) is 21.2 Å². The number of carbonyl (C=O) groups excluding carboxylic acids is 2. The Balaban J connectivity index is 1.73. The first-order valence-corrected chi connectivity index (χ1v) is 12.0. The number of amides is 2. The number of nitrogens with zero attached hydrogens (tertiary/aromatic N) is 1. The molecule has 0 aliphatic rings. The van der Waals surface area contributed by atoms with Gasteiger partial charge in [0.15, 0.2) is 0 Å². The zero-order valence-electron chi connectivity index (χ0n) is 18.2. The summed E-state index contributed by atoms with van der Waals surface area (Å²) in [5, 5.41) is 0.249. The highest BCUT2D eigenvalue weighted by atomic mass is 35.5. The summed E-state index contributed by atoms with van der Waals surface area (Å²) in [7, 11) is -3.91. The third kappa shape index (κ3) is 6.12. The van der Waals surface area contributed by atoms with Crippen LogP contribution in [-0.4, -0.2) is 26.8 Å². The molecule has 3 aromatic rings. The van der Waals surface area contributed by atoms with E-state index in [2.05, 4.69) is 10.9 Å². The Morgan fingerprint density at radius 1 is 0.848 bits per heavy atom. The van der Waals surface area contributed by atoms with E-state index >= 15 is 0 Å². The van der Waals surface area contributed by atoms with Crippen LogP contribution in [0.15, 0.2) is 77.7 Å². The number of aryl methyl sites for hydroxylation is 2. The molecular formula is C24H24ClN3O4S. The quantitative estimate of drug-likeness (QED) is 0.494. The maximum Gasteiger partial charge on any atom is 0.271 e. The van der Waals surface area contributed by atoms with Crippen LogP contribution in [0.2, 0.25) is 5.02 Å². The van der Waals surface area contributed by atoms with E-state index in [1.165, 1.54) is 22.5 Å². The van der Waals surface area contributed by atoms with Crippen molar-refractivity contribution in [3.05, 3.63) is 94.5 Å². The highest BCUT2D eigenvalue weighted by Gasteiger charge is 2.25. The Morgan fingerprint density at radius 3 is 2.03 bits per heavy atom. The van der Waals surface area contributed by atoms with Crippen LogP contribution in [-0.2, 0) is 14.8 Å². The van der Waals surface area contributed by atoms with Crippen molar-refractivity contribution in [2.24, 2.45) is 0 Å². The van der Waals surface area contributed by atoms with E-state index in [-0.39, 0.29) is 28.4 Å². The smallest absolute Gasteiger partial charge is 0.271 e. The van der Waals surface area contributed by atoms with Crippen molar-refractivity contribution < 1.29 is 18.0 Å². The van der Waals surface area contributed by atoms with Gasteiger partial charge in [-0.05, 0) is 50.2 Å². The second kappa shape index (κ2) is 10.5. The Kier molecular flexibility index (Phi) is 7.73. The number of hydrogen-bond donors (Lipinski definition) is 2. The molecule has 7 nitrogen and oxygen atoms in total. The van der Waals surface area contributed by atoms with E-state index in [1.807, 2.05) is 13.8 Å². The minimum atomic E-state index is -3.91. The molecule has 2 N–H and O–H groups in total. The lowest BCUT2D eigenvalue weighted by Crippen LogP contribution is -2.43. The Morgan fingerprint density at radius 2 is 1.42 bits per heavy atom. The van der Waals surface area contributed by atoms with Crippen LogP contribution >= 0.6 is 11.6 Å². The highest BCUT2D eigenvalue weighted by molar-refractivity contribution is 7.92. The van der Waals surface area contributed by atoms with Crippen molar-refractivity contribution in [1.29, 1.82) is 0 Å². The number of halogens is 1. The molecule has 0 spiro atoms. The molecule has 0 saturated carbocycles. The number of rotatable bonds is 7. The Bertz CT molecular complexity index is 1240. The minimum absolute atomic E-state index is 0.118. The zero-order chi connectivity index (χ0) is 24.0. The van der Waals surface area contributed by atoms with Crippen LogP contribution < -0.4 is 15.2 Å². The van der Waals surface area contributed by atoms with E-state index in [9.17, 15) is 18.0 Å². The summed E-state index contributed by atoms with van der Waals surface area (Å²) < 4.78 is 27.9. The molecular weight excluding hydrogens is 462 g/mol. The maximum absolute atomic E-state index is 13.3. The second-order valence-electron chi connectivity index (χ2n) is 7.46. The number of anilines is 1. The molecule has 0 radical (unpaired) electrons. The summed E-state index contributed by atoms with van der Waals surface area (Å²) in [5.74, 6) is -1.12. The lowest BCUT2D eigenvalue weighted by atomic mass is 10.2. The third-order valence-corrected chi connectivity index (χ3v) is 7.08. The van der Waals surface area contributed by atoms with E-state index in [1.54, 1.807) is 54.6 Å². The summed E-state index contributed by atoms with van der Waals surface area (Å²) in [6, 6.07) is 19.9. The molecule has 0 unspecified atom stereocenters. The van der Waals surface area contributed by atoms with Crippen molar-refractivity contribution in [3.8, 4) is 0 Å². The predicted molar refractivity (Wildman–Crippen MR) is 129 cm³/mol. The van der Waals surface area contributed by atoms with Gasteiger partial charge >= 0.3 is 0 Å². The fourth-order valence-electron chi connectivity index (χ4n) is 3.04. The normalized spacial score (nSPS) is 11.0. The van der Waals surface area contributed by atoms with E-state index in [0.717, 1.165) is 11.1 Å². The van der Waals surface area contributed by atoms with Crippen LogP contribution in [0.5, 0.6) is 0 Å². The van der Waals surface area contributed by atoms with Gasteiger partial charge in [0, 0.05) is 13.0 Å². The van der Waals surface area contributed by atoms with Gasteiger partial charge in [0.25, 0.3) is 15.9 Å². The Labute approximate surface area is 198 Å². The van der Waals surface area contributed by atoms with Gasteiger partial charge in [0.2, 0.25) is 5.91 Å².